The molecule has 3 N–H and O–H groups in total. The van der Waals surface area contributed by atoms with Crippen LogP contribution in [0, 0.1) is 0 Å². The second-order valence-electron chi connectivity index (χ2n) is 21.7. The molecule has 0 aromatic carbocycles. The third-order valence-electron chi connectivity index (χ3n) is 13.6. The summed E-state index contributed by atoms with van der Waals surface area (Å²) in [5, 5.41) is 14.0. The van der Waals surface area contributed by atoms with Gasteiger partial charge in [-0.25, -0.2) is 4.57 Å². The Morgan fingerprint density at radius 1 is 0.500 bits per heavy atom. The minimum Gasteiger partial charge on any atom is -0.391 e. The van der Waals surface area contributed by atoms with Gasteiger partial charge in [-0.3, -0.25) is 13.8 Å². The third kappa shape index (κ3) is 54.2. The smallest absolute Gasteiger partial charge is 0.391 e. The summed E-state index contributed by atoms with van der Waals surface area (Å²) in [4.78, 5) is 23.3. The lowest BCUT2D eigenvalue weighted by molar-refractivity contribution is -0.870. The predicted molar refractivity (Wildman–Crippen MR) is 304 cm³/mol. The highest BCUT2D eigenvalue weighted by molar-refractivity contribution is 7.47. The second kappa shape index (κ2) is 52.3. The van der Waals surface area contributed by atoms with Crippen molar-refractivity contribution in [1.29, 1.82) is 0 Å². The highest BCUT2D eigenvalue weighted by atomic mass is 31.2. The van der Waals surface area contributed by atoms with Gasteiger partial charge in [-0.05, 0) is 51.4 Å². The third-order valence-corrected chi connectivity index (χ3v) is 14.6. The summed E-state index contributed by atoms with van der Waals surface area (Å²) < 4.78 is 23.7. The first-order chi connectivity index (χ1) is 34.0. The van der Waals surface area contributed by atoms with Gasteiger partial charge in [-0.15, -0.1) is 0 Å². The van der Waals surface area contributed by atoms with Gasteiger partial charge in [0.1, 0.15) is 13.2 Å². The number of nitrogens with zero attached hydrogens (tertiary/aromatic N) is 1. The predicted octanol–water partition coefficient (Wildman–Crippen LogP) is 18.3. The van der Waals surface area contributed by atoms with Crippen molar-refractivity contribution >= 4 is 13.7 Å². The van der Waals surface area contributed by atoms with Crippen LogP contribution in [0.5, 0.6) is 0 Å². The molecule has 0 heterocycles. The van der Waals surface area contributed by atoms with Gasteiger partial charge >= 0.3 is 7.82 Å². The quantitative estimate of drug-likeness (QED) is 0.0243. The van der Waals surface area contributed by atoms with Crippen molar-refractivity contribution in [3.8, 4) is 0 Å². The lowest BCUT2D eigenvalue weighted by Gasteiger charge is -2.26. The van der Waals surface area contributed by atoms with Crippen LogP contribution < -0.4 is 5.32 Å². The Kier molecular flexibility index (Phi) is 51.2. The molecule has 0 aliphatic rings. The van der Waals surface area contributed by atoms with Crippen molar-refractivity contribution in [3.05, 3.63) is 48.6 Å². The molecule has 3 atom stereocenters. The molecule has 0 radical (unpaired) electrons. The molecule has 70 heavy (non-hydrogen) atoms. The standard InChI is InChI=1S/C61H117N2O6P/c1-6-8-10-12-14-16-18-20-22-23-24-25-26-27-28-29-30-31-32-33-34-35-36-37-38-39-41-42-44-46-48-50-52-54-60(64)59(58-69-70(66,67)68-57-56-63(3,4)5)62-61(65)55-53-51-49-47-45-43-40-21-19-17-15-13-11-9-7-2/h9,11,15,17,21,40,45,47,59-60,64H,6-8,10,12-14,16,18-20,22-39,41-44,46,48-58H2,1-5H3,(H-,62,65,66,67)/p+1/b11-9-,17-15-,40-21-,47-45-. The number of likely N-dealkylation sites (N-methyl/N-ethyl adjacent to an activating group) is 1. The van der Waals surface area contributed by atoms with Crippen molar-refractivity contribution < 1.29 is 32.9 Å². The lowest BCUT2D eigenvalue weighted by Crippen LogP contribution is -2.46. The number of amides is 1. The van der Waals surface area contributed by atoms with Gasteiger partial charge < -0.3 is 19.8 Å². The second-order valence-corrected chi connectivity index (χ2v) is 23.2. The number of aliphatic hydroxyl groups excluding tert-OH is 1. The van der Waals surface area contributed by atoms with Gasteiger partial charge in [0.15, 0.2) is 0 Å². The SMILES string of the molecule is CC/C=C\C/C=C\C/C=C\C/C=C\CCCCC(=O)NC(COP(=O)(O)OCC[N+](C)(C)C)C(O)CCCCCCCCCCCCCCCCCCCCCCCCCCCCCCCCCCC. The maximum Gasteiger partial charge on any atom is 0.472 e. The van der Waals surface area contributed by atoms with E-state index in [9.17, 15) is 19.4 Å². The van der Waals surface area contributed by atoms with E-state index in [1.807, 2.05) is 21.1 Å². The zero-order chi connectivity index (χ0) is 51.3. The molecule has 1 amide bonds. The van der Waals surface area contributed by atoms with Crippen LogP contribution in [-0.2, 0) is 18.4 Å². The van der Waals surface area contributed by atoms with E-state index in [0.717, 1.165) is 64.2 Å². The minimum absolute atomic E-state index is 0.0653. The van der Waals surface area contributed by atoms with Crippen molar-refractivity contribution in [2.45, 2.75) is 296 Å². The zero-order valence-electron chi connectivity index (χ0n) is 47.0. The normalized spacial score (nSPS) is 14.2. The van der Waals surface area contributed by atoms with Gasteiger partial charge in [0.05, 0.1) is 39.9 Å². The van der Waals surface area contributed by atoms with E-state index in [-0.39, 0.29) is 19.1 Å². The number of allylic oxidation sites excluding steroid dienone is 8. The van der Waals surface area contributed by atoms with E-state index in [0.29, 0.717) is 23.9 Å². The van der Waals surface area contributed by atoms with Gasteiger partial charge in [-0.2, -0.15) is 0 Å². The molecule has 0 aromatic heterocycles. The summed E-state index contributed by atoms with van der Waals surface area (Å²) >= 11 is 0. The molecule has 0 rings (SSSR count). The van der Waals surface area contributed by atoms with E-state index in [1.165, 1.54) is 193 Å². The average Bonchev–Trinajstić information content (AvgIpc) is 3.32. The van der Waals surface area contributed by atoms with Crippen LogP contribution in [0.15, 0.2) is 48.6 Å². The fourth-order valence-electron chi connectivity index (χ4n) is 8.92. The maximum absolute atomic E-state index is 12.9. The molecule has 8 nitrogen and oxygen atoms in total. The number of hydrogen-bond donors (Lipinski definition) is 3. The van der Waals surface area contributed by atoms with Crippen LogP contribution in [0.4, 0.5) is 0 Å². The topological polar surface area (TPSA) is 105 Å². The Balaban J connectivity index is 4.02. The fraction of sp³-hybridized carbons (Fsp3) is 0.852. The van der Waals surface area contributed by atoms with Gasteiger partial charge in [0, 0.05) is 6.42 Å². The van der Waals surface area contributed by atoms with Crippen molar-refractivity contribution in [1.82, 2.24) is 5.32 Å². The molecule has 412 valence electrons. The van der Waals surface area contributed by atoms with Gasteiger partial charge in [0.25, 0.3) is 0 Å². The number of rotatable bonds is 55. The summed E-state index contributed by atoms with van der Waals surface area (Å²) in [5.74, 6) is -0.183. The molecule has 0 aliphatic carbocycles. The Morgan fingerprint density at radius 3 is 1.23 bits per heavy atom. The van der Waals surface area contributed by atoms with Gasteiger partial charge in [0.2, 0.25) is 5.91 Å². The average molecular weight is 1010 g/mol. The number of phosphoric ester groups is 1. The number of carbonyl (C=O) groups excluding carboxylic acids is 1. The molecule has 0 aliphatic heterocycles. The molecular formula is C61H118N2O6P+. The number of quaternary nitrogens is 1. The maximum atomic E-state index is 12.9. The Hall–Kier alpha value is -1.54. The molecule has 0 bridgehead atoms. The van der Waals surface area contributed by atoms with Crippen molar-refractivity contribution in [3.63, 3.8) is 0 Å². The van der Waals surface area contributed by atoms with Crippen LogP contribution in [0.1, 0.15) is 284 Å². The Bertz CT molecular complexity index is 1280. The van der Waals surface area contributed by atoms with Gasteiger partial charge in [-0.1, -0.05) is 274 Å². The highest BCUT2D eigenvalue weighted by Crippen LogP contribution is 2.43. The summed E-state index contributed by atoms with van der Waals surface area (Å²) in [7, 11) is 1.59. The molecule has 3 unspecified atom stereocenters. The number of aliphatic hydroxyl groups is 1. The number of hydrogen-bond acceptors (Lipinski definition) is 5. The highest BCUT2D eigenvalue weighted by Gasteiger charge is 2.28. The van der Waals surface area contributed by atoms with Crippen LogP contribution >= 0.6 is 7.82 Å². The van der Waals surface area contributed by atoms with Crippen molar-refractivity contribution in [2.24, 2.45) is 0 Å². The molecule has 0 saturated heterocycles. The Labute approximate surface area is 435 Å². The summed E-state index contributed by atoms with van der Waals surface area (Å²) in [6.45, 7) is 4.76. The molecule has 0 saturated carbocycles. The fourth-order valence-corrected chi connectivity index (χ4v) is 9.66. The monoisotopic (exact) mass is 1010 g/mol. The summed E-state index contributed by atoms with van der Waals surface area (Å²) in [6.07, 6.45) is 69.2. The van der Waals surface area contributed by atoms with E-state index in [4.69, 9.17) is 9.05 Å². The molecule has 0 spiro atoms. The van der Waals surface area contributed by atoms with Crippen LogP contribution in [0.25, 0.3) is 0 Å². The molecule has 0 aromatic rings. The largest absolute Gasteiger partial charge is 0.472 e. The summed E-state index contributed by atoms with van der Waals surface area (Å²) in [6, 6.07) is -0.785. The lowest BCUT2D eigenvalue weighted by atomic mass is 10.0. The number of phosphoric acid groups is 1. The number of nitrogens with one attached hydrogen (secondary N) is 1. The van der Waals surface area contributed by atoms with Crippen LogP contribution in [0.2, 0.25) is 0 Å². The van der Waals surface area contributed by atoms with E-state index < -0.39 is 20.0 Å². The molecular weight excluding hydrogens is 888 g/mol. The first-order valence-corrected chi connectivity index (χ1v) is 31.5. The summed E-state index contributed by atoms with van der Waals surface area (Å²) in [5.41, 5.74) is 0. The number of carbonyl (C=O) groups is 1. The van der Waals surface area contributed by atoms with Crippen molar-refractivity contribution in [2.75, 3.05) is 40.9 Å². The Morgan fingerprint density at radius 2 is 0.857 bits per heavy atom. The zero-order valence-corrected chi connectivity index (χ0v) is 47.9. The molecule has 0 fully saturated rings. The first-order valence-electron chi connectivity index (χ1n) is 30.0. The number of unbranched alkanes of at least 4 members (excludes halogenated alkanes) is 34. The van der Waals surface area contributed by atoms with E-state index in [2.05, 4.69) is 67.8 Å². The molecule has 9 heteroatoms. The first kappa shape index (κ1) is 68.5. The minimum atomic E-state index is -4.34. The van der Waals surface area contributed by atoms with Crippen LogP contribution in [-0.4, -0.2) is 73.4 Å². The van der Waals surface area contributed by atoms with E-state index in [1.54, 1.807) is 0 Å². The van der Waals surface area contributed by atoms with E-state index >= 15 is 0 Å². The van der Waals surface area contributed by atoms with Crippen LogP contribution in [0.3, 0.4) is 0 Å².